The summed E-state index contributed by atoms with van der Waals surface area (Å²) in [5.41, 5.74) is 10.4. The Kier molecular flexibility index (Phi) is 6.87. The molecule has 1 fully saturated rings. The molecule has 3 aromatic rings. The highest BCUT2D eigenvalue weighted by molar-refractivity contribution is 5.77. The minimum Gasteiger partial charge on any atom is -0.384 e. The average Bonchev–Trinajstić information content (AvgIpc) is 2.83. The molecule has 33 heavy (non-hydrogen) atoms. The first kappa shape index (κ1) is 22.7. The van der Waals surface area contributed by atoms with Crippen molar-refractivity contribution < 1.29 is 9.18 Å². The number of aryl methyl sites for hydroxylation is 1. The Labute approximate surface area is 194 Å². The summed E-state index contributed by atoms with van der Waals surface area (Å²) in [4.78, 5) is 25.5. The van der Waals surface area contributed by atoms with Gasteiger partial charge in [0.05, 0.1) is 5.69 Å². The van der Waals surface area contributed by atoms with Crippen LogP contribution in [0.15, 0.2) is 54.7 Å². The summed E-state index contributed by atoms with van der Waals surface area (Å²) in [6.45, 7) is 3.91. The summed E-state index contributed by atoms with van der Waals surface area (Å²) in [5.74, 6) is 0.660. The van der Waals surface area contributed by atoms with Crippen molar-refractivity contribution in [2.75, 3.05) is 37.3 Å². The molecule has 2 N–H and O–H groups in total. The van der Waals surface area contributed by atoms with E-state index in [-0.39, 0.29) is 11.7 Å². The van der Waals surface area contributed by atoms with Crippen LogP contribution in [-0.2, 0) is 4.79 Å². The normalized spacial score (nSPS) is 14.3. The van der Waals surface area contributed by atoms with Crippen molar-refractivity contribution in [1.82, 2.24) is 14.9 Å². The van der Waals surface area contributed by atoms with Crippen LogP contribution in [0.2, 0.25) is 0 Å². The summed E-state index contributed by atoms with van der Waals surface area (Å²) in [6, 6.07) is 14.6. The SMILES string of the molecule is Cc1cc(-c2ccc(N)nc2)cc(C2CCN(C(=O)CCN(C)c3ccccc3F)CC2)n1. The molecule has 0 atom stereocenters. The number of aromatic nitrogens is 2. The minimum absolute atomic E-state index is 0.113. The fourth-order valence-corrected chi connectivity index (χ4v) is 4.37. The van der Waals surface area contributed by atoms with Crippen molar-refractivity contribution in [3.05, 3.63) is 71.9 Å². The Balaban J connectivity index is 1.34. The van der Waals surface area contributed by atoms with E-state index < -0.39 is 0 Å². The molecule has 0 radical (unpaired) electrons. The molecule has 1 aliphatic rings. The van der Waals surface area contributed by atoms with Crippen molar-refractivity contribution in [3.63, 3.8) is 0 Å². The van der Waals surface area contributed by atoms with Crippen molar-refractivity contribution in [2.24, 2.45) is 0 Å². The lowest BCUT2D eigenvalue weighted by Crippen LogP contribution is -2.39. The molecule has 2 aromatic heterocycles. The monoisotopic (exact) mass is 447 g/mol. The van der Waals surface area contributed by atoms with E-state index in [0.29, 0.717) is 43.5 Å². The number of piperidine rings is 1. The molecule has 1 saturated heterocycles. The minimum atomic E-state index is -0.270. The molecular weight excluding hydrogens is 417 g/mol. The zero-order chi connectivity index (χ0) is 23.4. The van der Waals surface area contributed by atoms with Gasteiger partial charge in [0.2, 0.25) is 5.91 Å². The first-order valence-electron chi connectivity index (χ1n) is 11.3. The van der Waals surface area contributed by atoms with E-state index in [1.807, 2.05) is 24.9 Å². The molecule has 6 nitrogen and oxygen atoms in total. The molecular formula is C26H30FN5O. The predicted octanol–water partition coefficient (Wildman–Crippen LogP) is 4.41. The van der Waals surface area contributed by atoms with Crippen LogP contribution in [-0.4, -0.2) is 47.5 Å². The molecule has 1 aromatic carbocycles. The van der Waals surface area contributed by atoms with Gasteiger partial charge in [0.15, 0.2) is 0 Å². The first-order valence-corrected chi connectivity index (χ1v) is 11.3. The standard InChI is InChI=1S/C26H30FN5O/c1-18-15-21(20-7-8-25(28)29-17-20)16-23(30-18)19-9-13-32(14-10-19)26(33)11-12-31(2)24-6-4-3-5-22(24)27/h3-8,15-17,19H,9-14H2,1-2H3,(H2,28,29). The van der Waals surface area contributed by atoms with Gasteiger partial charge in [0.25, 0.3) is 0 Å². The molecule has 0 saturated carbocycles. The zero-order valence-corrected chi connectivity index (χ0v) is 19.2. The number of likely N-dealkylation sites (tertiary alicyclic amines) is 1. The Morgan fingerprint density at radius 1 is 1.15 bits per heavy atom. The fraction of sp³-hybridized carbons (Fsp3) is 0.346. The second-order valence-corrected chi connectivity index (χ2v) is 8.67. The quantitative estimate of drug-likeness (QED) is 0.606. The molecule has 0 aliphatic carbocycles. The van der Waals surface area contributed by atoms with Crippen molar-refractivity contribution in [2.45, 2.75) is 32.1 Å². The van der Waals surface area contributed by atoms with Gasteiger partial charge in [-0.3, -0.25) is 9.78 Å². The lowest BCUT2D eigenvalue weighted by Gasteiger charge is -2.32. The summed E-state index contributed by atoms with van der Waals surface area (Å²) >= 11 is 0. The molecule has 0 unspecified atom stereocenters. The number of pyridine rings is 2. The van der Waals surface area contributed by atoms with E-state index >= 15 is 0 Å². The van der Waals surface area contributed by atoms with E-state index in [1.165, 1.54) is 6.07 Å². The van der Waals surface area contributed by atoms with Gasteiger partial charge in [0, 0.05) is 62.2 Å². The number of nitrogens with two attached hydrogens (primary N) is 1. The summed E-state index contributed by atoms with van der Waals surface area (Å²) in [5, 5.41) is 0. The lowest BCUT2D eigenvalue weighted by molar-refractivity contribution is -0.132. The fourth-order valence-electron chi connectivity index (χ4n) is 4.37. The van der Waals surface area contributed by atoms with Crippen LogP contribution in [0.4, 0.5) is 15.9 Å². The molecule has 172 valence electrons. The third-order valence-corrected chi connectivity index (χ3v) is 6.28. The van der Waals surface area contributed by atoms with Gasteiger partial charge in [-0.05, 0) is 61.7 Å². The average molecular weight is 448 g/mol. The van der Waals surface area contributed by atoms with E-state index in [9.17, 15) is 9.18 Å². The van der Waals surface area contributed by atoms with Gasteiger partial charge in [-0.2, -0.15) is 0 Å². The van der Waals surface area contributed by atoms with Gasteiger partial charge in [-0.1, -0.05) is 12.1 Å². The van der Waals surface area contributed by atoms with Crippen LogP contribution in [0.25, 0.3) is 11.1 Å². The van der Waals surface area contributed by atoms with E-state index in [0.717, 1.165) is 35.4 Å². The number of amides is 1. The smallest absolute Gasteiger partial charge is 0.224 e. The van der Waals surface area contributed by atoms with Crippen molar-refractivity contribution in [1.29, 1.82) is 0 Å². The Bertz CT molecular complexity index is 1110. The van der Waals surface area contributed by atoms with Crippen LogP contribution in [0, 0.1) is 12.7 Å². The molecule has 4 rings (SSSR count). The summed E-state index contributed by atoms with van der Waals surface area (Å²) in [7, 11) is 1.81. The number of carbonyl (C=O) groups is 1. The first-order chi connectivity index (χ1) is 15.9. The van der Waals surface area contributed by atoms with Gasteiger partial charge in [-0.25, -0.2) is 9.37 Å². The number of halogens is 1. The third kappa shape index (κ3) is 5.48. The van der Waals surface area contributed by atoms with Gasteiger partial charge < -0.3 is 15.5 Å². The molecule has 7 heteroatoms. The Morgan fingerprint density at radius 3 is 2.61 bits per heavy atom. The topological polar surface area (TPSA) is 75.3 Å². The molecule has 0 spiro atoms. The number of carbonyl (C=O) groups excluding carboxylic acids is 1. The van der Waals surface area contributed by atoms with Crippen LogP contribution >= 0.6 is 0 Å². The number of hydrogen-bond acceptors (Lipinski definition) is 5. The highest BCUT2D eigenvalue weighted by Gasteiger charge is 2.25. The maximum absolute atomic E-state index is 14.0. The predicted molar refractivity (Wildman–Crippen MR) is 129 cm³/mol. The highest BCUT2D eigenvalue weighted by atomic mass is 19.1. The second kappa shape index (κ2) is 9.98. The Hall–Kier alpha value is -3.48. The summed E-state index contributed by atoms with van der Waals surface area (Å²) in [6.07, 6.45) is 3.91. The third-order valence-electron chi connectivity index (χ3n) is 6.28. The second-order valence-electron chi connectivity index (χ2n) is 8.67. The maximum Gasteiger partial charge on any atom is 0.224 e. The maximum atomic E-state index is 14.0. The van der Waals surface area contributed by atoms with E-state index in [1.54, 1.807) is 35.4 Å². The van der Waals surface area contributed by atoms with Gasteiger partial charge in [0.1, 0.15) is 11.6 Å². The van der Waals surface area contributed by atoms with Gasteiger partial charge in [-0.15, -0.1) is 0 Å². The van der Waals surface area contributed by atoms with E-state index in [4.69, 9.17) is 10.7 Å². The number of benzene rings is 1. The largest absolute Gasteiger partial charge is 0.384 e. The van der Waals surface area contributed by atoms with Gasteiger partial charge >= 0.3 is 0 Å². The van der Waals surface area contributed by atoms with E-state index in [2.05, 4.69) is 17.1 Å². The number of para-hydroxylation sites is 1. The number of anilines is 2. The van der Waals surface area contributed by atoms with Crippen LogP contribution in [0.5, 0.6) is 0 Å². The van der Waals surface area contributed by atoms with Crippen LogP contribution in [0.3, 0.4) is 0 Å². The molecule has 0 bridgehead atoms. The lowest BCUT2D eigenvalue weighted by atomic mass is 9.91. The summed E-state index contributed by atoms with van der Waals surface area (Å²) < 4.78 is 14.0. The van der Waals surface area contributed by atoms with Crippen LogP contribution < -0.4 is 10.6 Å². The highest BCUT2D eigenvalue weighted by Crippen LogP contribution is 2.30. The zero-order valence-electron chi connectivity index (χ0n) is 19.2. The number of rotatable bonds is 6. The number of hydrogen-bond donors (Lipinski definition) is 1. The molecule has 1 aliphatic heterocycles. The Morgan fingerprint density at radius 2 is 1.91 bits per heavy atom. The number of nitrogens with zero attached hydrogens (tertiary/aromatic N) is 4. The van der Waals surface area contributed by atoms with Crippen LogP contribution in [0.1, 0.15) is 36.6 Å². The van der Waals surface area contributed by atoms with Crippen molar-refractivity contribution in [3.8, 4) is 11.1 Å². The molecule has 1 amide bonds. The molecule has 3 heterocycles. The van der Waals surface area contributed by atoms with Crippen molar-refractivity contribution >= 4 is 17.4 Å². The number of nitrogen functional groups attached to an aromatic ring is 1.